The van der Waals surface area contributed by atoms with Crippen molar-refractivity contribution in [3.63, 3.8) is 0 Å². The first-order valence-corrected chi connectivity index (χ1v) is 6.37. The van der Waals surface area contributed by atoms with Crippen molar-refractivity contribution in [3.05, 3.63) is 0 Å². The molecule has 0 rings (SSSR count). The Morgan fingerprint density at radius 2 is 1.05 bits per heavy atom. The van der Waals surface area contributed by atoms with Gasteiger partial charge in [0, 0.05) is 0 Å². The first-order chi connectivity index (χ1) is 10.2. The quantitative estimate of drug-likeness (QED) is 0.260. The molecule has 0 aromatic rings. The molecule has 10 nitrogen and oxygen atoms in total. The van der Waals surface area contributed by atoms with Gasteiger partial charge in [-0.15, -0.1) is 0 Å². The zero-order valence-electron chi connectivity index (χ0n) is 11.6. The average molecular weight is 322 g/mol. The SMILES string of the molecule is O=C(O)CC(O)C(=O)OCCCCOC(=O)C(O)CC(=O)O. The molecule has 22 heavy (non-hydrogen) atoms. The van der Waals surface area contributed by atoms with Crippen molar-refractivity contribution in [3.8, 4) is 0 Å². The number of ether oxygens (including phenoxy) is 2. The third kappa shape index (κ3) is 9.66. The standard InChI is InChI=1S/C12H18O10/c13-7(5-9(15)16)11(19)21-3-1-2-4-22-12(20)8(14)6-10(17)18/h7-8,13-14H,1-6H2,(H,15,16)(H,17,18). The van der Waals surface area contributed by atoms with E-state index in [0.29, 0.717) is 0 Å². The van der Waals surface area contributed by atoms with E-state index in [-0.39, 0.29) is 26.1 Å². The summed E-state index contributed by atoms with van der Waals surface area (Å²) < 4.78 is 9.18. The second-order valence-corrected chi connectivity index (χ2v) is 4.27. The van der Waals surface area contributed by atoms with Crippen molar-refractivity contribution in [2.45, 2.75) is 37.9 Å². The van der Waals surface area contributed by atoms with Crippen LogP contribution < -0.4 is 0 Å². The van der Waals surface area contributed by atoms with Crippen LogP contribution in [0.3, 0.4) is 0 Å². The fraction of sp³-hybridized carbons (Fsp3) is 0.667. The van der Waals surface area contributed by atoms with Gasteiger partial charge < -0.3 is 29.9 Å². The molecule has 0 saturated heterocycles. The van der Waals surface area contributed by atoms with E-state index in [4.69, 9.17) is 20.4 Å². The van der Waals surface area contributed by atoms with Crippen LogP contribution in [0.5, 0.6) is 0 Å². The highest BCUT2D eigenvalue weighted by molar-refractivity contribution is 5.81. The highest BCUT2D eigenvalue weighted by atomic mass is 16.6. The van der Waals surface area contributed by atoms with Crippen molar-refractivity contribution in [2.24, 2.45) is 0 Å². The van der Waals surface area contributed by atoms with Crippen LogP contribution in [0.25, 0.3) is 0 Å². The Morgan fingerprint density at radius 3 is 1.32 bits per heavy atom. The van der Waals surface area contributed by atoms with Crippen LogP contribution in [0.2, 0.25) is 0 Å². The van der Waals surface area contributed by atoms with E-state index < -0.39 is 48.9 Å². The van der Waals surface area contributed by atoms with E-state index in [9.17, 15) is 19.2 Å². The van der Waals surface area contributed by atoms with Gasteiger partial charge in [0.05, 0.1) is 26.1 Å². The number of aliphatic hydroxyl groups excluding tert-OH is 2. The molecular formula is C12H18O10. The molecule has 126 valence electrons. The Labute approximate surface area is 125 Å². The molecule has 0 fully saturated rings. The number of carbonyl (C=O) groups excluding carboxylic acids is 2. The summed E-state index contributed by atoms with van der Waals surface area (Å²) in [5.41, 5.74) is 0. The van der Waals surface area contributed by atoms with Crippen LogP contribution in [-0.4, -0.2) is 69.7 Å². The Morgan fingerprint density at radius 1 is 0.727 bits per heavy atom. The van der Waals surface area contributed by atoms with Gasteiger partial charge in [0.2, 0.25) is 0 Å². The number of carboxylic acids is 2. The van der Waals surface area contributed by atoms with E-state index >= 15 is 0 Å². The van der Waals surface area contributed by atoms with Crippen molar-refractivity contribution in [1.82, 2.24) is 0 Å². The topological polar surface area (TPSA) is 168 Å². The number of carbonyl (C=O) groups is 4. The zero-order valence-corrected chi connectivity index (χ0v) is 11.6. The molecular weight excluding hydrogens is 304 g/mol. The normalized spacial score (nSPS) is 13.0. The summed E-state index contributed by atoms with van der Waals surface area (Å²) in [7, 11) is 0. The Bertz CT molecular complexity index is 367. The van der Waals surface area contributed by atoms with Crippen LogP contribution in [0.15, 0.2) is 0 Å². The lowest BCUT2D eigenvalue weighted by molar-refractivity contribution is -0.159. The molecule has 0 saturated carbocycles. The first-order valence-electron chi connectivity index (χ1n) is 6.37. The third-order valence-electron chi connectivity index (χ3n) is 2.31. The monoisotopic (exact) mass is 322 g/mol. The van der Waals surface area contributed by atoms with Gasteiger partial charge in [-0.05, 0) is 12.8 Å². The Kier molecular flexibility index (Phi) is 9.46. The highest BCUT2D eigenvalue weighted by Crippen LogP contribution is 2.00. The molecule has 0 radical (unpaired) electrons. The maximum absolute atomic E-state index is 11.1. The third-order valence-corrected chi connectivity index (χ3v) is 2.31. The minimum Gasteiger partial charge on any atom is -0.481 e. The summed E-state index contributed by atoms with van der Waals surface area (Å²) >= 11 is 0. The van der Waals surface area contributed by atoms with Crippen molar-refractivity contribution in [1.29, 1.82) is 0 Å². The van der Waals surface area contributed by atoms with Gasteiger partial charge in [-0.3, -0.25) is 9.59 Å². The molecule has 0 spiro atoms. The molecule has 4 N–H and O–H groups in total. The van der Waals surface area contributed by atoms with E-state index in [0.717, 1.165) is 0 Å². The zero-order chi connectivity index (χ0) is 17.1. The van der Waals surface area contributed by atoms with Gasteiger partial charge in [-0.2, -0.15) is 0 Å². The van der Waals surface area contributed by atoms with Crippen LogP contribution in [0.1, 0.15) is 25.7 Å². The van der Waals surface area contributed by atoms with Gasteiger partial charge in [-0.1, -0.05) is 0 Å². The predicted octanol–water partition coefficient (Wildman–Crippen LogP) is -1.48. The number of esters is 2. The molecule has 2 unspecified atom stereocenters. The summed E-state index contributed by atoms with van der Waals surface area (Å²) in [6, 6.07) is 0. The molecule has 2 atom stereocenters. The largest absolute Gasteiger partial charge is 0.481 e. The molecule has 0 aromatic carbocycles. The number of hydrogen-bond donors (Lipinski definition) is 4. The summed E-state index contributed by atoms with van der Waals surface area (Å²) in [6.07, 6.45) is -4.43. The van der Waals surface area contributed by atoms with E-state index in [1.54, 1.807) is 0 Å². The second kappa shape index (κ2) is 10.5. The molecule has 0 aliphatic heterocycles. The fourth-order valence-corrected chi connectivity index (χ4v) is 1.24. The number of aliphatic carboxylic acids is 2. The van der Waals surface area contributed by atoms with Gasteiger partial charge in [-0.25, -0.2) is 9.59 Å². The van der Waals surface area contributed by atoms with Gasteiger partial charge in [0.1, 0.15) is 0 Å². The van der Waals surface area contributed by atoms with Crippen LogP contribution in [0.4, 0.5) is 0 Å². The van der Waals surface area contributed by atoms with Gasteiger partial charge in [0.25, 0.3) is 0 Å². The number of hydrogen-bond acceptors (Lipinski definition) is 8. The number of carboxylic acid groups (broad SMARTS) is 2. The van der Waals surface area contributed by atoms with Crippen LogP contribution >= 0.6 is 0 Å². The first kappa shape index (κ1) is 19.8. The number of unbranched alkanes of at least 4 members (excludes halogenated alkanes) is 1. The van der Waals surface area contributed by atoms with E-state index in [1.807, 2.05) is 0 Å². The number of rotatable bonds is 11. The molecule has 10 heteroatoms. The Hall–Kier alpha value is -2.20. The van der Waals surface area contributed by atoms with Crippen molar-refractivity contribution < 1.29 is 49.1 Å². The van der Waals surface area contributed by atoms with Gasteiger partial charge in [0.15, 0.2) is 12.2 Å². The summed E-state index contributed by atoms with van der Waals surface area (Å²) in [5, 5.41) is 34.9. The maximum atomic E-state index is 11.1. The molecule has 0 heterocycles. The number of aliphatic hydroxyl groups is 2. The second-order valence-electron chi connectivity index (χ2n) is 4.27. The summed E-state index contributed by atoms with van der Waals surface area (Å²) in [6.45, 7) is -0.213. The summed E-state index contributed by atoms with van der Waals surface area (Å²) in [4.78, 5) is 42.7. The lowest BCUT2D eigenvalue weighted by Gasteiger charge is -2.10. The molecule has 0 amide bonds. The van der Waals surface area contributed by atoms with Crippen LogP contribution in [-0.2, 0) is 28.7 Å². The lowest BCUT2D eigenvalue weighted by Crippen LogP contribution is -2.27. The fourth-order valence-electron chi connectivity index (χ4n) is 1.24. The predicted molar refractivity (Wildman–Crippen MR) is 67.7 cm³/mol. The lowest BCUT2D eigenvalue weighted by atomic mass is 10.2. The van der Waals surface area contributed by atoms with Crippen molar-refractivity contribution >= 4 is 23.9 Å². The average Bonchev–Trinajstić information content (AvgIpc) is 2.40. The van der Waals surface area contributed by atoms with E-state index in [2.05, 4.69) is 9.47 Å². The molecule has 0 bridgehead atoms. The molecule has 0 aromatic heterocycles. The smallest absolute Gasteiger partial charge is 0.335 e. The summed E-state index contributed by atoms with van der Waals surface area (Å²) in [5.74, 6) is -4.79. The molecule has 0 aliphatic rings. The Balaban J connectivity index is 3.69. The van der Waals surface area contributed by atoms with Crippen LogP contribution in [0, 0.1) is 0 Å². The van der Waals surface area contributed by atoms with Crippen molar-refractivity contribution in [2.75, 3.05) is 13.2 Å². The maximum Gasteiger partial charge on any atom is 0.335 e. The molecule has 0 aliphatic carbocycles. The van der Waals surface area contributed by atoms with E-state index in [1.165, 1.54) is 0 Å². The minimum atomic E-state index is -1.73. The van der Waals surface area contributed by atoms with Gasteiger partial charge >= 0.3 is 23.9 Å². The minimum absolute atomic E-state index is 0.106. The highest BCUT2D eigenvalue weighted by Gasteiger charge is 2.20.